The molecule has 1 rings (SSSR count). The Hall–Kier alpha value is -1.75. The molecule has 0 aliphatic carbocycles. The molecule has 0 atom stereocenters. The van der Waals surface area contributed by atoms with Crippen molar-refractivity contribution in [1.82, 2.24) is 10.2 Å². The summed E-state index contributed by atoms with van der Waals surface area (Å²) < 4.78 is 0. The van der Waals surface area contributed by atoms with Gasteiger partial charge in [-0.15, -0.1) is 12.4 Å². The van der Waals surface area contributed by atoms with Gasteiger partial charge in [0.05, 0.1) is 0 Å². The highest BCUT2D eigenvalue weighted by Crippen LogP contribution is 2.09. The summed E-state index contributed by atoms with van der Waals surface area (Å²) in [5.41, 5.74) is 6.69. The van der Waals surface area contributed by atoms with E-state index in [1.165, 1.54) is 4.90 Å². The molecule has 0 aliphatic heterocycles. The number of nitrogens with two attached hydrogens (primary N) is 1. The number of anilines is 1. The number of hydrogen-bond acceptors (Lipinski definition) is 3. The maximum atomic E-state index is 11.9. The molecule has 5 nitrogen and oxygen atoms in total. The van der Waals surface area contributed by atoms with Gasteiger partial charge in [0.25, 0.3) is 5.91 Å². The lowest BCUT2D eigenvalue weighted by Gasteiger charge is -2.16. The van der Waals surface area contributed by atoms with Gasteiger partial charge in [-0.05, 0) is 18.2 Å². The molecule has 0 aromatic heterocycles. The number of hydrogen-bond donors (Lipinski definition) is 2. The van der Waals surface area contributed by atoms with E-state index in [4.69, 9.17) is 5.73 Å². The molecule has 1 aromatic rings. The van der Waals surface area contributed by atoms with E-state index in [-0.39, 0.29) is 24.2 Å². The van der Waals surface area contributed by atoms with Crippen LogP contribution in [0.1, 0.15) is 16.8 Å². The number of nitrogens with zero attached hydrogens (tertiary/aromatic N) is 1. The minimum absolute atomic E-state index is 0. The Kier molecular flexibility index (Phi) is 6.82. The molecule has 6 heteroatoms. The number of rotatable bonds is 4. The summed E-state index contributed by atoms with van der Waals surface area (Å²) in [4.78, 5) is 24.5. The summed E-state index contributed by atoms with van der Waals surface area (Å²) in [6.07, 6.45) is 0.293. The molecule has 0 fully saturated rings. The number of carbonyl (C=O) groups is 2. The number of benzene rings is 1. The SMILES string of the molecule is CNC(=O)CCN(C)C(=O)c1cccc(N)c1.Cl. The van der Waals surface area contributed by atoms with Gasteiger partial charge in [-0.25, -0.2) is 0 Å². The molecule has 0 bridgehead atoms. The fraction of sp³-hybridized carbons (Fsp3) is 0.333. The van der Waals surface area contributed by atoms with Gasteiger partial charge < -0.3 is 16.0 Å². The predicted octanol–water partition coefficient (Wildman–Crippen LogP) is 0.899. The minimum Gasteiger partial charge on any atom is -0.399 e. The highest BCUT2D eigenvalue weighted by atomic mass is 35.5. The summed E-state index contributed by atoms with van der Waals surface area (Å²) in [6.45, 7) is 0.382. The molecule has 18 heavy (non-hydrogen) atoms. The lowest BCUT2D eigenvalue weighted by Crippen LogP contribution is -2.31. The van der Waals surface area contributed by atoms with Crippen LogP contribution in [0.15, 0.2) is 24.3 Å². The van der Waals surface area contributed by atoms with E-state index in [9.17, 15) is 9.59 Å². The van der Waals surface area contributed by atoms with Gasteiger partial charge in [0, 0.05) is 38.3 Å². The molecule has 0 spiro atoms. The van der Waals surface area contributed by atoms with Crippen molar-refractivity contribution in [1.29, 1.82) is 0 Å². The summed E-state index contributed by atoms with van der Waals surface area (Å²) in [5.74, 6) is -0.224. The van der Waals surface area contributed by atoms with Crippen molar-refractivity contribution in [2.45, 2.75) is 6.42 Å². The number of halogens is 1. The fourth-order valence-electron chi connectivity index (χ4n) is 1.39. The van der Waals surface area contributed by atoms with Crippen molar-refractivity contribution in [3.8, 4) is 0 Å². The van der Waals surface area contributed by atoms with Crippen molar-refractivity contribution in [2.75, 3.05) is 26.4 Å². The van der Waals surface area contributed by atoms with Gasteiger partial charge in [0.1, 0.15) is 0 Å². The van der Waals surface area contributed by atoms with Gasteiger partial charge in [-0.2, -0.15) is 0 Å². The van der Waals surface area contributed by atoms with Crippen molar-refractivity contribution in [3.63, 3.8) is 0 Å². The third-order valence-electron chi connectivity index (χ3n) is 2.43. The number of amides is 2. The Bertz CT molecular complexity index is 424. The molecule has 2 amide bonds. The van der Waals surface area contributed by atoms with Crippen molar-refractivity contribution in [2.24, 2.45) is 0 Å². The predicted molar refractivity (Wildman–Crippen MR) is 73.7 cm³/mol. The number of nitrogens with one attached hydrogen (secondary N) is 1. The third kappa shape index (κ3) is 4.63. The van der Waals surface area contributed by atoms with Crippen LogP contribution in [0.25, 0.3) is 0 Å². The summed E-state index contributed by atoms with van der Waals surface area (Å²) in [6, 6.07) is 6.78. The van der Waals surface area contributed by atoms with Crippen LogP contribution in [0, 0.1) is 0 Å². The molecule has 0 saturated heterocycles. The quantitative estimate of drug-likeness (QED) is 0.799. The van der Waals surface area contributed by atoms with E-state index in [1.807, 2.05) is 0 Å². The Labute approximate surface area is 113 Å². The topological polar surface area (TPSA) is 75.4 Å². The Balaban J connectivity index is 0.00000289. The van der Waals surface area contributed by atoms with Gasteiger partial charge >= 0.3 is 0 Å². The molecular weight excluding hydrogens is 254 g/mol. The van der Waals surface area contributed by atoms with E-state index in [1.54, 1.807) is 38.4 Å². The van der Waals surface area contributed by atoms with Crippen LogP contribution in [0.5, 0.6) is 0 Å². The normalized spacial score (nSPS) is 9.22. The number of nitrogen functional groups attached to an aromatic ring is 1. The van der Waals surface area contributed by atoms with E-state index < -0.39 is 0 Å². The standard InChI is InChI=1S/C12H17N3O2.ClH/c1-14-11(16)6-7-15(2)12(17)9-4-3-5-10(13)8-9;/h3-5,8H,6-7,13H2,1-2H3,(H,14,16);1H. The molecule has 0 heterocycles. The molecule has 0 aliphatic rings. The summed E-state index contributed by atoms with van der Waals surface area (Å²) in [7, 11) is 3.23. The van der Waals surface area contributed by atoms with Crippen LogP contribution in [-0.2, 0) is 4.79 Å². The zero-order valence-corrected chi connectivity index (χ0v) is 11.3. The average Bonchev–Trinajstić information content (AvgIpc) is 2.34. The van der Waals surface area contributed by atoms with Crippen LogP contribution in [0.4, 0.5) is 5.69 Å². The summed E-state index contributed by atoms with van der Waals surface area (Å²) in [5, 5.41) is 2.51. The van der Waals surface area contributed by atoms with Crippen molar-refractivity contribution in [3.05, 3.63) is 29.8 Å². The minimum atomic E-state index is -0.138. The third-order valence-corrected chi connectivity index (χ3v) is 2.43. The first kappa shape index (κ1) is 16.2. The van der Waals surface area contributed by atoms with Crippen LogP contribution < -0.4 is 11.1 Å². The first-order valence-electron chi connectivity index (χ1n) is 5.36. The van der Waals surface area contributed by atoms with E-state index in [2.05, 4.69) is 5.32 Å². The van der Waals surface area contributed by atoms with Crippen LogP contribution in [-0.4, -0.2) is 37.4 Å². The van der Waals surface area contributed by atoms with Crippen LogP contribution in [0.2, 0.25) is 0 Å². The lowest BCUT2D eigenvalue weighted by molar-refractivity contribution is -0.120. The molecular formula is C12H18ClN3O2. The van der Waals surface area contributed by atoms with Gasteiger partial charge in [0.2, 0.25) is 5.91 Å². The molecule has 100 valence electrons. The van der Waals surface area contributed by atoms with Gasteiger partial charge in [0.15, 0.2) is 0 Å². The molecule has 0 unspecified atom stereocenters. The lowest BCUT2D eigenvalue weighted by atomic mass is 10.2. The second kappa shape index (κ2) is 7.55. The fourth-order valence-corrected chi connectivity index (χ4v) is 1.39. The Morgan fingerprint density at radius 1 is 1.39 bits per heavy atom. The highest BCUT2D eigenvalue weighted by Gasteiger charge is 2.12. The first-order valence-corrected chi connectivity index (χ1v) is 5.36. The average molecular weight is 272 g/mol. The van der Waals surface area contributed by atoms with Crippen LogP contribution in [0.3, 0.4) is 0 Å². The van der Waals surface area contributed by atoms with E-state index in [0.717, 1.165) is 0 Å². The number of carbonyl (C=O) groups excluding carboxylic acids is 2. The zero-order chi connectivity index (χ0) is 12.8. The van der Waals surface area contributed by atoms with Crippen molar-refractivity contribution < 1.29 is 9.59 Å². The zero-order valence-electron chi connectivity index (χ0n) is 10.5. The molecule has 0 saturated carbocycles. The Morgan fingerprint density at radius 2 is 2.06 bits per heavy atom. The van der Waals surface area contributed by atoms with E-state index >= 15 is 0 Å². The van der Waals surface area contributed by atoms with Crippen molar-refractivity contribution >= 4 is 29.9 Å². The first-order chi connectivity index (χ1) is 8.04. The van der Waals surface area contributed by atoms with Gasteiger partial charge in [-0.3, -0.25) is 9.59 Å². The Morgan fingerprint density at radius 3 is 2.61 bits per heavy atom. The maximum absolute atomic E-state index is 11.9. The molecule has 0 radical (unpaired) electrons. The second-order valence-corrected chi connectivity index (χ2v) is 3.78. The maximum Gasteiger partial charge on any atom is 0.253 e. The smallest absolute Gasteiger partial charge is 0.253 e. The van der Waals surface area contributed by atoms with Gasteiger partial charge in [-0.1, -0.05) is 6.07 Å². The monoisotopic (exact) mass is 271 g/mol. The van der Waals surface area contributed by atoms with E-state index in [0.29, 0.717) is 24.2 Å². The highest BCUT2D eigenvalue weighted by molar-refractivity contribution is 5.95. The largest absolute Gasteiger partial charge is 0.399 e. The molecule has 1 aromatic carbocycles. The molecule has 3 N–H and O–H groups in total. The second-order valence-electron chi connectivity index (χ2n) is 3.78. The summed E-state index contributed by atoms with van der Waals surface area (Å²) >= 11 is 0. The van der Waals surface area contributed by atoms with Crippen LogP contribution >= 0.6 is 12.4 Å².